The van der Waals surface area contributed by atoms with Crippen molar-refractivity contribution in [3.8, 4) is 5.75 Å². The highest BCUT2D eigenvalue weighted by Gasteiger charge is 2.25. The van der Waals surface area contributed by atoms with Crippen molar-refractivity contribution in [2.24, 2.45) is 0 Å². The van der Waals surface area contributed by atoms with Crippen LogP contribution in [0.15, 0.2) is 30.6 Å². The average molecular weight is 339 g/mol. The van der Waals surface area contributed by atoms with E-state index >= 15 is 0 Å². The van der Waals surface area contributed by atoms with Gasteiger partial charge in [-0.25, -0.2) is 9.97 Å². The van der Waals surface area contributed by atoms with Crippen LogP contribution < -0.4 is 4.74 Å². The highest BCUT2D eigenvalue weighted by atomic mass is 16.5. The molecule has 1 fully saturated rings. The van der Waals surface area contributed by atoms with Gasteiger partial charge < -0.3 is 9.47 Å². The lowest BCUT2D eigenvalue weighted by molar-refractivity contribution is 0.193. The molecule has 25 heavy (non-hydrogen) atoms. The lowest BCUT2D eigenvalue weighted by atomic mass is 9.96. The number of aromatic nitrogens is 2. The van der Waals surface area contributed by atoms with Crippen LogP contribution in [0.1, 0.15) is 34.9 Å². The van der Waals surface area contributed by atoms with Crippen molar-refractivity contribution < 1.29 is 9.47 Å². The SMILES string of the molecule is COc1ccc(CN2CCc3ncnc([C@@H]4CCOC4)c3CC2)cc1. The lowest BCUT2D eigenvalue weighted by Crippen LogP contribution is -2.26. The minimum absolute atomic E-state index is 0.449. The summed E-state index contributed by atoms with van der Waals surface area (Å²) >= 11 is 0. The first kappa shape index (κ1) is 16.5. The first-order valence-corrected chi connectivity index (χ1v) is 9.09. The van der Waals surface area contributed by atoms with Crippen molar-refractivity contribution in [3.05, 3.63) is 53.1 Å². The molecule has 4 rings (SSSR count). The molecule has 2 aromatic rings. The van der Waals surface area contributed by atoms with Crippen LogP contribution in [0, 0.1) is 0 Å². The molecule has 0 N–H and O–H groups in total. The Labute approximate surface area is 149 Å². The minimum Gasteiger partial charge on any atom is -0.497 e. The van der Waals surface area contributed by atoms with E-state index in [1.54, 1.807) is 13.4 Å². The summed E-state index contributed by atoms with van der Waals surface area (Å²) in [6, 6.07) is 8.37. The van der Waals surface area contributed by atoms with Crippen LogP contribution in [0.5, 0.6) is 5.75 Å². The van der Waals surface area contributed by atoms with Crippen LogP contribution in [0.25, 0.3) is 0 Å². The molecule has 0 spiro atoms. The molecule has 2 aliphatic rings. The average Bonchev–Trinajstić information content (AvgIpc) is 3.11. The molecule has 1 atom stereocenters. The summed E-state index contributed by atoms with van der Waals surface area (Å²) in [5.74, 6) is 1.36. The molecule has 0 aliphatic carbocycles. The van der Waals surface area contributed by atoms with E-state index in [0.717, 1.165) is 57.9 Å². The Bertz CT molecular complexity index is 711. The minimum atomic E-state index is 0.449. The fourth-order valence-corrected chi connectivity index (χ4v) is 3.85. The van der Waals surface area contributed by atoms with Gasteiger partial charge in [-0.2, -0.15) is 0 Å². The number of hydrogen-bond acceptors (Lipinski definition) is 5. The third kappa shape index (κ3) is 3.67. The Kier molecular flexibility index (Phi) is 4.95. The fraction of sp³-hybridized carbons (Fsp3) is 0.500. The Morgan fingerprint density at radius 2 is 2.00 bits per heavy atom. The summed E-state index contributed by atoms with van der Waals surface area (Å²) in [4.78, 5) is 11.7. The zero-order valence-corrected chi connectivity index (χ0v) is 14.8. The lowest BCUT2D eigenvalue weighted by Gasteiger charge is -2.20. The summed E-state index contributed by atoms with van der Waals surface area (Å²) in [5, 5.41) is 0. The Morgan fingerprint density at radius 1 is 1.16 bits per heavy atom. The highest BCUT2D eigenvalue weighted by molar-refractivity contribution is 5.30. The van der Waals surface area contributed by atoms with Crippen molar-refractivity contribution in [3.63, 3.8) is 0 Å². The van der Waals surface area contributed by atoms with Gasteiger partial charge >= 0.3 is 0 Å². The maximum atomic E-state index is 5.57. The van der Waals surface area contributed by atoms with Crippen molar-refractivity contribution in [2.75, 3.05) is 33.4 Å². The van der Waals surface area contributed by atoms with E-state index in [2.05, 4.69) is 27.0 Å². The molecule has 5 nitrogen and oxygen atoms in total. The molecular weight excluding hydrogens is 314 g/mol. The first-order valence-electron chi connectivity index (χ1n) is 9.09. The molecule has 2 aliphatic heterocycles. The number of nitrogens with zero attached hydrogens (tertiary/aromatic N) is 3. The molecule has 0 saturated carbocycles. The molecule has 1 aromatic carbocycles. The Balaban J connectivity index is 1.46. The van der Waals surface area contributed by atoms with Gasteiger partial charge in [0.15, 0.2) is 0 Å². The maximum Gasteiger partial charge on any atom is 0.118 e. The first-order chi connectivity index (χ1) is 12.3. The smallest absolute Gasteiger partial charge is 0.118 e. The highest BCUT2D eigenvalue weighted by Crippen LogP contribution is 2.29. The van der Waals surface area contributed by atoms with Gasteiger partial charge in [0.1, 0.15) is 12.1 Å². The summed E-state index contributed by atoms with van der Waals surface area (Å²) in [5.41, 5.74) is 5.15. The third-order valence-electron chi connectivity index (χ3n) is 5.29. The normalized spacial score (nSPS) is 20.9. The number of methoxy groups -OCH3 is 1. The molecule has 0 radical (unpaired) electrons. The third-order valence-corrected chi connectivity index (χ3v) is 5.29. The quantitative estimate of drug-likeness (QED) is 0.857. The van der Waals surface area contributed by atoms with Crippen LogP contribution in [0.2, 0.25) is 0 Å². The van der Waals surface area contributed by atoms with Crippen molar-refractivity contribution >= 4 is 0 Å². The number of rotatable bonds is 4. The second-order valence-corrected chi connectivity index (χ2v) is 6.87. The number of fused-ring (bicyclic) bond motifs is 1. The summed E-state index contributed by atoms with van der Waals surface area (Å²) in [6.07, 6.45) is 4.84. The van der Waals surface area contributed by atoms with E-state index in [0.29, 0.717) is 5.92 Å². The summed E-state index contributed by atoms with van der Waals surface area (Å²) in [6.45, 7) is 4.71. The molecular formula is C20H25N3O2. The van der Waals surface area contributed by atoms with Crippen LogP contribution in [0.4, 0.5) is 0 Å². The molecule has 1 saturated heterocycles. The van der Waals surface area contributed by atoms with Crippen molar-refractivity contribution in [1.29, 1.82) is 0 Å². The van der Waals surface area contributed by atoms with E-state index in [-0.39, 0.29) is 0 Å². The summed E-state index contributed by atoms with van der Waals surface area (Å²) in [7, 11) is 1.70. The summed E-state index contributed by atoms with van der Waals surface area (Å²) < 4.78 is 10.8. The zero-order chi connectivity index (χ0) is 17.1. The second-order valence-electron chi connectivity index (χ2n) is 6.87. The predicted molar refractivity (Wildman–Crippen MR) is 95.9 cm³/mol. The van der Waals surface area contributed by atoms with Gasteiger partial charge in [-0.15, -0.1) is 0 Å². The number of ether oxygens (including phenoxy) is 2. The van der Waals surface area contributed by atoms with E-state index in [1.165, 1.54) is 22.5 Å². The van der Waals surface area contributed by atoms with E-state index in [4.69, 9.17) is 9.47 Å². The maximum absolute atomic E-state index is 5.57. The van der Waals surface area contributed by atoms with Crippen molar-refractivity contribution in [2.45, 2.75) is 31.7 Å². The van der Waals surface area contributed by atoms with Gasteiger partial charge in [0.25, 0.3) is 0 Å². The molecule has 0 unspecified atom stereocenters. The molecule has 0 amide bonds. The number of benzene rings is 1. The zero-order valence-electron chi connectivity index (χ0n) is 14.8. The van der Waals surface area contributed by atoms with Gasteiger partial charge in [0, 0.05) is 44.3 Å². The van der Waals surface area contributed by atoms with E-state index < -0.39 is 0 Å². The van der Waals surface area contributed by atoms with E-state index in [9.17, 15) is 0 Å². The molecule has 132 valence electrons. The molecule has 0 bridgehead atoms. The van der Waals surface area contributed by atoms with Crippen LogP contribution in [0.3, 0.4) is 0 Å². The predicted octanol–water partition coefficient (Wildman–Crippen LogP) is 2.59. The Morgan fingerprint density at radius 3 is 2.76 bits per heavy atom. The second kappa shape index (κ2) is 7.50. The molecule has 3 heterocycles. The van der Waals surface area contributed by atoms with Gasteiger partial charge in [0.2, 0.25) is 0 Å². The standard InChI is InChI=1S/C20H25N3O2/c1-24-17-4-2-15(3-5-17)12-23-9-6-18-19(7-10-23)21-14-22-20(18)16-8-11-25-13-16/h2-5,14,16H,6-13H2,1H3/t16-/m1/s1. The molecule has 5 heteroatoms. The van der Waals surface area contributed by atoms with E-state index in [1.807, 2.05) is 12.1 Å². The van der Waals surface area contributed by atoms with Crippen LogP contribution >= 0.6 is 0 Å². The monoisotopic (exact) mass is 339 g/mol. The Hall–Kier alpha value is -1.98. The van der Waals surface area contributed by atoms with Gasteiger partial charge in [-0.1, -0.05) is 12.1 Å². The van der Waals surface area contributed by atoms with Crippen LogP contribution in [-0.4, -0.2) is 48.3 Å². The topological polar surface area (TPSA) is 47.5 Å². The van der Waals surface area contributed by atoms with Gasteiger partial charge in [-0.05, 0) is 36.1 Å². The van der Waals surface area contributed by atoms with Gasteiger partial charge in [0.05, 0.1) is 19.4 Å². The molecule has 1 aromatic heterocycles. The largest absolute Gasteiger partial charge is 0.497 e. The van der Waals surface area contributed by atoms with Crippen LogP contribution in [-0.2, 0) is 24.1 Å². The fourth-order valence-electron chi connectivity index (χ4n) is 3.85. The van der Waals surface area contributed by atoms with Gasteiger partial charge in [-0.3, -0.25) is 4.90 Å². The number of hydrogen-bond donors (Lipinski definition) is 0. The van der Waals surface area contributed by atoms with Crippen molar-refractivity contribution in [1.82, 2.24) is 14.9 Å².